The van der Waals surface area contributed by atoms with Crippen LogP contribution in [0.5, 0.6) is 0 Å². The van der Waals surface area contributed by atoms with Gasteiger partial charge in [0.2, 0.25) is 0 Å². The van der Waals surface area contributed by atoms with Gasteiger partial charge in [-0.3, -0.25) is 0 Å². The number of hydrogen-bond acceptors (Lipinski definition) is 3. The highest BCUT2D eigenvalue weighted by atomic mass is 19.1. The van der Waals surface area contributed by atoms with Gasteiger partial charge in [-0.05, 0) is 43.0 Å². The second-order valence-corrected chi connectivity index (χ2v) is 6.17. The van der Waals surface area contributed by atoms with Crippen molar-refractivity contribution >= 4 is 6.03 Å². The summed E-state index contributed by atoms with van der Waals surface area (Å²) in [6, 6.07) is 4.83. The smallest absolute Gasteiger partial charge is 0.315 e. The Morgan fingerprint density at radius 2 is 1.84 bits per heavy atom. The number of nitrogens with zero attached hydrogens (tertiary/aromatic N) is 2. The number of urea groups is 1. The molecule has 4 rings (SSSR count). The normalized spacial score (nSPS) is 24.1. The third kappa shape index (κ3) is 3.15. The number of halogens is 2. The van der Waals surface area contributed by atoms with Crippen molar-refractivity contribution < 1.29 is 13.6 Å². The van der Waals surface area contributed by atoms with Gasteiger partial charge >= 0.3 is 6.03 Å². The van der Waals surface area contributed by atoms with E-state index >= 15 is 0 Å². The zero-order valence-electron chi connectivity index (χ0n) is 13.1. The Morgan fingerprint density at radius 1 is 1.08 bits per heavy atom. The van der Waals surface area contributed by atoms with Crippen LogP contribution >= 0.6 is 0 Å². The zero-order valence-corrected chi connectivity index (χ0v) is 13.1. The van der Waals surface area contributed by atoms with Gasteiger partial charge in [0, 0.05) is 12.1 Å². The highest BCUT2D eigenvalue weighted by Crippen LogP contribution is 2.34. The molecule has 1 aromatic carbocycles. The number of carbonyl (C=O) groups excluding carboxylic acids is 1. The number of fused-ring (bicyclic) bond motifs is 1. The summed E-state index contributed by atoms with van der Waals surface area (Å²) in [7, 11) is 0. The van der Waals surface area contributed by atoms with Gasteiger partial charge < -0.3 is 10.6 Å². The maximum Gasteiger partial charge on any atom is 0.315 e. The minimum atomic E-state index is -0.575. The summed E-state index contributed by atoms with van der Waals surface area (Å²) in [4.78, 5) is 20.0. The largest absolute Gasteiger partial charge is 0.333 e. The Bertz CT molecular complexity index is 889. The Labute approximate surface area is 142 Å². The van der Waals surface area contributed by atoms with Crippen molar-refractivity contribution in [2.45, 2.75) is 30.8 Å². The molecule has 2 heterocycles. The van der Waals surface area contributed by atoms with Crippen molar-refractivity contribution in [2.75, 3.05) is 0 Å². The predicted octanol–water partition coefficient (Wildman–Crippen LogP) is 2.08. The molecule has 2 atom stereocenters. The van der Waals surface area contributed by atoms with E-state index in [1.165, 1.54) is 0 Å². The molecule has 1 saturated carbocycles. The van der Waals surface area contributed by atoms with Gasteiger partial charge in [0.1, 0.15) is 23.2 Å². The van der Waals surface area contributed by atoms with Crippen molar-refractivity contribution in [3.63, 3.8) is 0 Å². The molecule has 2 aliphatic rings. The van der Waals surface area contributed by atoms with Gasteiger partial charge in [-0.1, -0.05) is 5.92 Å². The lowest BCUT2D eigenvalue weighted by molar-refractivity contribution is 0.246. The molecule has 0 bridgehead atoms. The average Bonchev–Trinajstić information content (AvgIpc) is 3.13. The molecule has 5 nitrogen and oxygen atoms in total. The molecule has 1 saturated heterocycles. The molecular formula is C18H14F2N4O. The van der Waals surface area contributed by atoms with E-state index in [4.69, 9.17) is 0 Å². The van der Waals surface area contributed by atoms with Crippen LogP contribution in [0.25, 0.3) is 0 Å². The van der Waals surface area contributed by atoms with Gasteiger partial charge in [-0.15, -0.1) is 0 Å². The van der Waals surface area contributed by atoms with Crippen LogP contribution in [0.1, 0.15) is 35.8 Å². The summed E-state index contributed by atoms with van der Waals surface area (Å²) < 4.78 is 26.8. The van der Waals surface area contributed by atoms with Gasteiger partial charge in [-0.25, -0.2) is 23.5 Å². The first-order valence-corrected chi connectivity index (χ1v) is 7.95. The fourth-order valence-corrected chi connectivity index (χ4v) is 3.31. The van der Waals surface area contributed by atoms with Crippen LogP contribution in [-0.2, 0) is 0 Å². The molecule has 2 fully saturated rings. The van der Waals surface area contributed by atoms with Crippen LogP contribution in [0.15, 0.2) is 30.5 Å². The van der Waals surface area contributed by atoms with Crippen LogP contribution in [0.2, 0.25) is 0 Å². The maximum atomic E-state index is 13.6. The Balaban J connectivity index is 1.54. The van der Waals surface area contributed by atoms with E-state index < -0.39 is 11.6 Å². The average molecular weight is 340 g/mol. The minimum Gasteiger partial charge on any atom is -0.333 e. The van der Waals surface area contributed by atoms with Crippen molar-refractivity contribution in [3.05, 3.63) is 59.2 Å². The van der Waals surface area contributed by atoms with Crippen LogP contribution in [0.3, 0.4) is 0 Å². The molecule has 2 N–H and O–H groups in total. The number of aromatic nitrogens is 2. The van der Waals surface area contributed by atoms with Gasteiger partial charge in [0.15, 0.2) is 0 Å². The minimum absolute atomic E-state index is 0.0116. The second-order valence-electron chi connectivity index (χ2n) is 6.17. The first-order valence-electron chi connectivity index (χ1n) is 7.95. The lowest BCUT2D eigenvalue weighted by Crippen LogP contribution is -2.26. The number of nitrogens with one attached hydrogen (secondary N) is 2. The highest BCUT2D eigenvalue weighted by molar-refractivity contribution is 5.77. The number of rotatable bonds is 1. The Morgan fingerprint density at radius 3 is 2.60 bits per heavy atom. The summed E-state index contributed by atoms with van der Waals surface area (Å²) in [6.07, 6.45) is 3.13. The summed E-state index contributed by atoms with van der Waals surface area (Å²) in [5.41, 5.74) is 0.435. The number of carbonyl (C=O) groups is 1. The van der Waals surface area contributed by atoms with Crippen molar-refractivity contribution in [3.8, 4) is 11.8 Å². The molecule has 7 heteroatoms. The van der Waals surface area contributed by atoms with E-state index in [9.17, 15) is 13.6 Å². The first-order chi connectivity index (χ1) is 12.1. The van der Waals surface area contributed by atoms with E-state index in [2.05, 4.69) is 32.4 Å². The van der Waals surface area contributed by atoms with Gasteiger partial charge in [0.25, 0.3) is 0 Å². The van der Waals surface area contributed by atoms with E-state index in [-0.39, 0.29) is 29.6 Å². The monoisotopic (exact) mass is 340 g/mol. The van der Waals surface area contributed by atoms with E-state index in [1.807, 2.05) is 0 Å². The molecule has 25 heavy (non-hydrogen) atoms. The van der Waals surface area contributed by atoms with Gasteiger partial charge in [0.05, 0.1) is 17.6 Å². The number of hydrogen-bond donors (Lipinski definition) is 2. The number of amides is 2. The van der Waals surface area contributed by atoms with E-state index in [0.717, 1.165) is 31.0 Å². The van der Waals surface area contributed by atoms with Crippen LogP contribution < -0.4 is 10.6 Å². The molecule has 2 unspecified atom stereocenters. The van der Waals surface area contributed by atoms with Crippen molar-refractivity contribution in [2.24, 2.45) is 0 Å². The van der Waals surface area contributed by atoms with Crippen molar-refractivity contribution in [1.82, 2.24) is 20.6 Å². The maximum absolute atomic E-state index is 13.6. The highest BCUT2D eigenvalue weighted by Gasteiger charge is 2.42. The zero-order chi connectivity index (χ0) is 17.4. The SMILES string of the molecule is O=C1NC2CC(c3nccc(C#Cc4cc(F)ccc4F)n3)CC2N1. The molecule has 0 radical (unpaired) electrons. The van der Waals surface area contributed by atoms with E-state index in [0.29, 0.717) is 11.5 Å². The molecule has 1 aliphatic carbocycles. The van der Waals surface area contributed by atoms with Crippen LogP contribution in [0, 0.1) is 23.5 Å². The quantitative estimate of drug-likeness (QED) is 0.781. The third-order valence-electron chi connectivity index (χ3n) is 4.49. The fraction of sp³-hybridized carbons (Fsp3) is 0.278. The standard InChI is InChI=1S/C18H14F2N4O/c19-12-2-4-14(20)10(7-12)1-3-13-5-6-21-17(22-13)11-8-15-16(9-11)24-18(25)23-15/h2,4-7,11,15-16H,8-9H2,(H2,23,24,25). The predicted molar refractivity (Wildman–Crippen MR) is 85.6 cm³/mol. The number of benzene rings is 1. The second kappa shape index (κ2) is 6.13. The third-order valence-corrected chi connectivity index (χ3v) is 4.49. The molecule has 0 spiro atoms. The first kappa shape index (κ1) is 15.5. The molecule has 1 aromatic heterocycles. The van der Waals surface area contributed by atoms with Crippen molar-refractivity contribution in [1.29, 1.82) is 0 Å². The summed E-state index contributed by atoms with van der Waals surface area (Å²) in [5.74, 6) is 5.02. The van der Waals surface area contributed by atoms with Crippen LogP contribution in [-0.4, -0.2) is 28.1 Å². The van der Waals surface area contributed by atoms with Gasteiger partial charge in [-0.2, -0.15) is 0 Å². The summed E-state index contributed by atoms with van der Waals surface area (Å²) in [5, 5.41) is 5.76. The Hall–Kier alpha value is -3.01. The molecular weight excluding hydrogens is 326 g/mol. The van der Waals surface area contributed by atoms with Crippen LogP contribution in [0.4, 0.5) is 13.6 Å². The molecule has 126 valence electrons. The van der Waals surface area contributed by atoms with E-state index in [1.54, 1.807) is 12.3 Å². The topological polar surface area (TPSA) is 66.9 Å². The Kier molecular flexibility index (Phi) is 3.80. The molecule has 2 aromatic rings. The summed E-state index contributed by atoms with van der Waals surface area (Å²) in [6.45, 7) is 0. The molecule has 2 amide bonds. The lowest BCUT2D eigenvalue weighted by Gasteiger charge is -2.09. The summed E-state index contributed by atoms with van der Waals surface area (Å²) >= 11 is 0. The lowest BCUT2D eigenvalue weighted by atomic mass is 10.1. The fourth-order valence-electron chi connectivity index (χ4n) is 3.31. The molecule has 1 aliphatic heterocycles.